The first kappa shape index (κ1) is 21.4. The molecule has 1 aliphatic rings. The molecule has 0 bridgehead atoms. The summed E-state index contributed by atoms with van der Waals surface area (Å²) in [5.74, 6) is -0.184. The highest BCUT2D eigenvalue weighted by atomic mass is 19.4. The number of nitrogens with zero attached hydrogens (tertiary/aromatic N) is 2. The lowest BCUT2D eigenvalue weighted by Gasteiger charge is -2.46. The third kappa shape index (κ3) is 4.31. The SMILES string of the molecule is CN(C)C(c1ccc(C#N)cc1)C1CCCCC1(O)c1ccc(C(F)(F)F)cc1. The predicted molar refractivity (Wildman–Crippen MR) is 105 cm³/mol. The molecule has 1 fully saturated rings. The molecule has 0 amide bonds. The summed E-state index contributed by atoms with van der Waals surface area (Å²) in [6.07, 6.45) is -1.36. The minimum atomic E-state index is -4.40. The molecule has 2 aromatic rings. The molecule has 3 unspecified atom stereocenters. The Hall–Kier alpha value is -2.36. The Morgan fingerprint density at radius 2 is 1.69 bits per heavy atom. The summed E-state index contributed by atoms with van der Waals surface area (Å²) >= 11 is 0. The zero-order valence-corrected chi connectivity index (χ0v) is 16.6. The van der Waals surface area contributed by atoms with Gasteiger partial charge >= 0.3 is 6.18 Å². The molecule has 6 heteroatoms. The Morgan fingerprint density at radius 3 is 2.21 bits per heavy atom. The minimum absolute atomic E-state index is 0.129. The molecule has 2 aromatic carbocycles. The van der Waals surface area contributed by atoms with Crippen LogP contribution in [-0.4, -0.2) is 24.1 Å². The second-order valence-electron chi connectivity index (χ2n) is 7.99. The minimum Gasteiger partial charge on any atom is -0.385 e. The molecule has 154 valence electrons. The van der Waals surface area contributed by atoms with E-state index < -0.39 is 17.3 Å². The van der Waals surface area contributed by atoms with Crippen LogP contribution < -0.4 is 0 Å². The number of aliphatic hydroxyl groups is 1. The van der Waals surface area contributed by atoms with Crippen LogP contribution in [0.1, 0.15) is 54.0 Å². The van der Waals surface area contributed by atoms with E-state index in [1.807, 2.05) is 31.1 Å². The quantitative estimate of drug-likeness (QED) is 0.759. The Labute approximate surface area is 169 Å². The lowest BCUT2D eigenvalue weighted by atomic mass is 9.67. The molecule has 0 radical (unpaired) electrons. The van der Waals surface area contributed by atoms with Crippen molar-refractivity contribution in [3.8, 4) is 6.07 Å². The fourth-order valence-electron chi connectivity index (χ4n) is 4.55. The van der Waals surface area contributed by atoms with Crippen molar-refractivity contribution >= 4 is 0 Å². The fraction of sp³-hybridized carbons (Fsp3) is 0.435. The van der Waals surface area contributed by atoms with Gasteiger partial charge in [0, 0.05) is 12.0 Å². The molecule has 0 spiro atoms. The standard InChI is InChI=1S/C23H25F3N2O/c1-28(2)21(17-8-6-16(15-27)7-9-17)20-5-3-4-14-22(20,29)18-10-12-19(13-11-18)23(24,25)26/h6-13,20-21,29H,3-5,14H2,1-2H3. The molecular weight excluding hydrogens is 377 g/mol. The van der Waals surface area contributed by atoms with Crippen LogP contribution in [0.25, 0.3) is 0 Å². The van der Waals surface area contributed by atoms with Gasteiger partial charge in [-0.15, -0.1) is 0 Å². The van der Waals surface area contributed by atoms with Crippen LogP contribution in [0.2, 0.25) is 0 Å². The van der Waals surface area contributed by atoms with Gasteiger partial charge in [0.05, 0.1) is 22.8 Å². The lowest BCUT2D eigenvalue weighted by molar-refractivity contribution is -0.137. The first-order valence-electron chi connectivity index (χ1n) is 9.73. The van der Waals surface area contributed by atoms with E-state index in [4.69, 9.17) is 5.26 Å². The van der Waals surface area contributed by atoms with Gasteiger partial charge < -0.3 is 10.0 Å². The average Bonchev–Trinajstić information content (AvgIpc) is 2.69. The Kier molecular flexibility index (Phi) is 6.02. The third-order valence-corrected chi connectivity index (χ3v) is 5.97. The van der Waals surface area contributed by atoms with E-state index in [9.17, 15) is 18.3 Å². The van der Waals surface area contributed by atoms with Crippen molar-refractivity contribution in [1.29, 1.82) is 5.26 Å². The van der Waals surface area contributed by atoms with Crippen molar-refractivity contribution in [3.63, 3.8) is 0 Å². The highest BCUT2D eigenvalue weighted by molar-refractivity contribution is 5.35. The number of benzene rings is 2. The van der Waals surface area contributed by atoms with Crippen LogP contribution >= 0.6 is 0 Å². The molecule has 0 aliphatic heterocycles. The highest BCUT2D eigenvalue weighted by Crippen LogP contribution is 2.49. The molecule has 0 heterocycles. The topological polar surface area (TPSA) is 47.3 Å². The molecule has 1 saturated carbocycles. The van der Waals surface area contributed by atoms with Gasteiger partial charge in [-0.25, -0.2) is 0 Å². The van der Waals surface area contributed by atoms with Crippen molar-refractivity contribution in [2.45, 2.75) is 43.5 Å². The zero-order chi connectivity index (χ0) is 21.2. The first-order chi connectivity index (χ1) is 13.7. The van der Waals surface area contributed by atoms with Crippen molar-refractivity contribution < 1.29 is 18.3 Å². The number of nitriles is 1. The molecule has 0 saturated heterocycles. The Morgan fingerprint density at radius 1 is 1.07 bits per heavy atom. The highest BCUT2D eigenvalue weighted by Gasteiger charge is 2.45. The van der Waals surface area contributed by atoms with Gasteiger partial charge in [0.15, 0.2) is 0 Å². The van der Waals surface area contributed by atoms with E-state index in [0.29, 0.717) is 17.5 Å². The normalized spacial score (nSPS) is 23.6. The van der Waals surface area contributed by atoms with E-state index in [1.165, 1.54) is 12.1 Å². The average molecular weight is 402 g/mol. The number of halogens is 3. The van der Waals surface area contributed by atoms with Crippen molar-refractivity contribution in [3.05, 3.63) is 70.8 Å². The van der Waals surface area contributed by atoms with E-state index in [-0.39, 0.29) is 12.0 Å². The molecule has 0 aromatic heterocycles. The summed E-state index contributed by atoms with van der Waals surface area (Å²) in [5.41, 5.74) is 0.133. The van der Waals surface area contributed by atoms with Crippen molar-refractivity contribution in [2.75, 3.05) is 14.1 Å². The summed E-state index contributed by atoms with van der Waals surface area (Å²) in [4.78, 5) is 2.03. The van der Waals surface area contributed by atoms with Crippen LogP contribution in [-0.2, 0) is 11.8 Å². The Bertz CT molecular complexity index is 869. The Balaban J connectivity index is 2.01. The molecule has 1 aliphatic carbocycles. The molecular formula is C23H25F3N2O. The third-order valence-electron chi connectivity index (χ3n) is 5.97. The van der Waals surface area contributed by atoms with Crippen LogP contribution in [0.3, 0.4) is 0 Å². The fourth-order valence-corrected chi connectivity index (χ4v) is 4.55. The van der Waals surface area contributed by atoms with E-state index >= 15 is 0 Å². The van der Waals surface area contributed by atoms with Gasteiger partial charge in [-0.05, 0) is 62.3 Å². The second kappa shape index (κ2) is 8.17. The van der Waals surface area contributed by atoms with Crippen LogP contribution in [0.4, 0.5) is 13.2 Å². The van der Waals surface area contributed by atoms with Gasteiger partial charge in [0.25, 0.3) is 0 Å². The van der Waals surface area contributed by atoms with E-state index in [1.54, 1.807) is 12.1 Å². The van der Waals surface area contributed by atoms with Gasteiger partial charge in [0.1, 0.15) is 0 Å². The van der Waals surface area contributed by atoms with Crippen LogP contribution in [0.15, 0.2) is 48.5 Å². The maximum atomic E-state index is 13.0. The smallest absolute Gasteiger partial charge is 0.385 e. The molecule has 29 heavy (non-hydrogen) atoms. The summed E-state index contributed by atoms with van der Waals surface area (Å²) in [5, 5.41) is 20.8. The van der Waals surface area contributed by atoms with Crippen molar-refractivity contribution in [1.82, 2.24) is 4.90 Å². The number of rotatable bonds is 4. The molecule has 3 atom stereocenters. The number of hydrogen-bond donors (Lipinski definition) is 1. The van der Waals surface area contributed by atoms with Crippen molar-refractivity contribution in [2.24, 2.45) is 5.92 Å². The largest absolute Gasteiger partial charge is 0.416 e. The zero-order valence-electron chi connectivity index (χ0n) is 16.6. The van der Waals surface area contributed by atoms with Gasteiger partial charge in [-0.3, -0.25) is 0 Å². The molecule has 3 nitrogen and oxygen atoms in total. The van der Waals surface area contributed by atoms with Gasteiger partial charge in [-0.1, -0.05) is 37.1 Å². The second-order valence-corrected chi connectivity index (χ2v) is 7.99. The molecule has 3 rings (SSSR count). The van der Waals surface area contributed by atoms with E-state index in [0.717, 1.165) is 37.0 Å². The predicted octanol–water partition coefficient (Wildman–Crippen LogP) is 5.26. The number of hydrogen-bond acceptors (Lipinski definition) is 3. The maximum absolute atomic E-state index is 13.0. The summed E-state index contributed by atoms with van der Waals surface area (Å²) in [6.45, 7) is 0. The first-order valence-corrected chi connectivity index (χ1v) is 9.73. The van der Waals surface area contributed by atoms with Gasteiger partial charge in [0.2, 0.25) is 0 Å². The summed E-state index contributed by atoms with van der Waals surface area (Å²) in [6, 6.07) is 14.2. The van der Waals surface area contributed by atoms with E-state index in [2.05, 4.69) is 6.07 Å². The lowest BCUT2D eigenvalue weighted by Crippen LogP contribution is -2.45. The maximum Gasteiger partial charge on any atom is 0.416 e. The number of alkyl halides is 3. The summed E-state index contributed by atoms with van der Waals surface area (Å²) < 4.78 is 38.9. The molecule has 1 N–H and O–H groups in total. The monoisotopic (exact) mass is 402 g/mol. The van der Waals surface area contributed by atoms with Gasteiger partial charge in [-0.2, -0.15) is 18.4 Å². The summed E-state index contributed by atoms with van der Waals surface area (Å²) in [7, 11) is 3.87. The van der Waals surface area contributed by atoms with Crippen LogP contribution in [0.5, 0.6) is 0 Å². The van der Waals surface area contributed by atoms with Crippen LogP contribution in [0, 0.1) is 17.2 Å².